The van der Waals surface area contributed by atoms with E-state index in [2.05, 4.69) is 36.0 Å². The molecule has 0 aromatic carbocycles. The van der Waals surface area contributed by atoms with Crippen LogP contribution >= 0.6 is 15.9 Å². The summed E-state index contributed by atoms with van der Waals surface area (Å²) in [7, 11) is 0. The molecule has 0 unspecified atom stereocenters. The molecule has 0 rings (SSSR count). The molecule has 0 amide bonds. The summed E-state index contributed by atoms with van der Waals surface area (Å²) in [6, 6.07) is 0. The third-order valence-corrected chi connectivity index (χ3v) is 2.76. The summed E-state index contributed by atoms with van der Waals surface area (Å²) in [4.78, 5) is 0. The lowest BCUT2D eigenvalue weighted by atomic mass is 9.96. The summed E-state index contributed by atoms with van der Waals surface area (Å²) in [5, 5.41) is 0. The van der Waals surface area contributed by atoms with Crippen LogP contribution in [-0.4, -0.2) is 4.32 Å². The summed E-state index contributed by atoms with van der Waals surface area (Å²) in [6.07, 6.45) is 8.36. The molecule has 1 heteroatoms. The Morgan fingerprint density at radius 1 is 1.27 bits per heavy atom. The van der Waals surface area contributed by atoms with Gasteiger partial charge in [-0.3, -0.25) is 0 Å². The fraction of sp³-hybridized carbons (Fsp3) is 0.600. The summed E-state index contributed by atoms with van der Waals surface area (Å²) < 4.78 is 0.227. The van der Waals surface area contributed by atoms with Crippen molar-refractivity contribution in [1.82, 2.24) is 0 Å². The minimum absolute atomic E-state index is 0.227. The van der Waals surface area contributed by atoms with Gasteiger partial charge in [0.15, 0.2) is 0 Å². The number of alkyl halides is 1. The highest BCUT2D eigenvalue weighted by Gasteiger charge is 2.21. The zero-order valence-electron chi connectivity index (χ0n) is 7.28. The topological polar surface area (TPSA) is 0 Å². The molecule has 0 bridgehead atoms. The zero-order valence-corrected chi connectivity index (χ0v) is 8.86. The maximum absolute atomic E-state index is 3.75. The maximum atomic E-state index is 3.75. The first-order chi connectivity index (χ1) is 5.18. The fourth-order valence-electron chi connectivity index (χ4n) is 1.25. The van der Waals surface area contributed by atoms with Crippen molar-refractivity contribution in [2.75, 3.05) is 0 Å². The molecule has 0 aliphatic heterocycles. The van der Waals surface area contributed by atoms with E-state index in [4.69, 9.17) is 0 Å². The Labute approximate surface area is 78.5 Å². The van der Waals surface area contributed by atoms with Crippen LogP contribution in [0.2, 0.25) is 0 Å². The first-order valence-corrected chi connectivity index (χ1v) is 4.88. The zero-order chi connectivity index (χ0) is 8.74. The quantitative estimate of drug-likeness (QED) is 0.464. The Hall–Kier alpha value is -0.0400. The van der Waals surface area contributed by atoms with Crippen LogP contribution in [0, 0.1) is 0 Å². The molecule has 0 atom stereocenters. The highest BCUT2D eigenvalue weighted by molar-refractivity contribution is 9.10. The van der Waals surface area contributed by atoms with Gasteiger partial charge in [0, 0.05) is 4.32 Å². The van der Waals surface area contributed by atoms with Gasteiger partial charge in [0.2, 0.25) is 0 Å². The van der Waals surface area contributed by atoms with E-state index in [1.54, 1.807) is 0 Å². The van der Waals surface area contributed by atoms with Crippen LogP contribution in [0.3, 0.4) is 0 Å². The normalized spacial score (nSPS) is 11.1. The van der Waals surface area contributed by atoms with Gasteiger partial charge in [0.1, 0.15) is 0 Å². The van der Waals surface area contributed by atoms with Gasteiger partial charge in [-0.15, -0.1) is 13.2 Å². The number of hydrogen-bond acceptors (Lipinski definition) is 0. The van der Waals surface area contributed by atoms with Crippen molar-refractivity contribution in [2.45, 2.75) is 36.9 Å². The molecule has 0 aromatic rings. The van der Waals surface area contributed by atoms with Crippen LogP contribution < -0.4 is 0 Å². The molecule has 64 valence electrons. The van der Waals surface area contributed by atoms with Crippen molar-refractivity contribution in [3.63, 3.8) is 0 Å². The second-order valence-corrected chi connectivity index (χ2v) is 4.57. The van der Waals surface area contributed by atoms with Gasteiger partial charge in [-0.1, -0.05) is 41.4 Å². The van der Waals surface area contributed by atoms with Gasteiger partial charge in [-0.05, 0) is 19.3 Å². The van der Waals surface area contributed by atoms with Gasteiger partial charge in [-0.25, -0.2) is 0 Å². The number of halogens is 1. The van der Waals surface area contributed by atoms with Crippen molar-refractivity contribution >= 4 is 15.9 Å². The van der Waals surface area contributed by atoms with Crippen LogP contribution in [0.5, 0.6) is 0 Å². The molecular formula is C10H17Br. The van der Waals surface area contributed by atoms with Gasteiger partial charge in [0.25, 0.3) is 0 Å². The lowest BCUT2D eigenvalue weighted by molar-refractivity contribution is 0.556. The Balaban J connectivity index is 3.98. The van der Waals surface area contributed by atoms with Crippen LogP contribution in [0.25, 0.3) is 0 Å². The van der Waals surface area contributed by atoms with Gasteiger partial charge < -0.3 is 0 Å². The number of allylic oxidation sites excluding steroid dienone is 2. The molecular weight excluding hydrogens is 200 g/mol. The fourth-order valence-corrected chi connectivity index (χ4v) is 2.11. The van der Waals surface area contributed by atoms with Crippen molar-refractivity contribution in [1.29, 1.82) is 0 Å². The highest BCUT2D eigenvalue weighted by atomic mass is 79.9. The van der Waals surface area contributed by atoms with Crippen molar-refractivity contribution in [3.8, 4) is 0 Å². The lowest BCUT2D eigenvalue weighted by Gasteiger charge is -2.23. The van der Waals surface area contributed by atoms with Crippen LogP contribution in [0.4, 0.5) is 0 Å². The standard InChI is InChI=1S/C10H17Br/c1-4-7-10(11,8-5-2)9-6-3/h4-5H,1-2,6-9H2,3H3. The van der Waals surface area contributed by atoms with E-state index in [9.17, 15) is 0 Å². The summed E-state index contributed by atoms with van der Waals surface area (Å²) in [6.45, 7) is 9.69. The van der Waals surface area contributed by atoms with E-state index >= 15 is 0 Å². The molecule has 0 nitrogen and oxygen atoms in total. The highest BCUT2D eigenvalue weighted by Crippen LogP contribution is 2.32. The summed E-state index contributed by atoms with van der Waals surface area (Å²) in [5.41, 5.74) is 0. The van der Waals surface area contributed by atoms with Gasteiger partial charge in [-0.2, -0.15) is 0 Å². The monoisotopic (exact) mass is 216 g/mol. The van der Waals surface area contributed by atoms with Crippen LogP contribution in [0.1, 0.15) is 32.6 Å². The Morgan fingerprint density at radius 3 is 2.00 bits per heavy atom. The molecule has 0 saturated carbocycles. The molecule has 0 saturated heterocycles. The summed E-state index contributed by atoms with van der Waals surface area (Å²) in [5.74, 6) is 0. The van der Waals surface area contributed by atoms with Crippen molar-refractivity contribution in [2.24, 2.45) is 0 Å². The molecule has 11 heavy (non-hydrogen) atoms. The first-order valence-electron chi connectivity index (χ1n) is 4.09. The van der Waals surface area contributed by atoms with E-state index in [1.165, 1.54) is 12.8 Å². The second kappa shape index (κ2) is 5.59. The van der Waals surface area contributed by atoms with Crippen molar-refractivity contribution < 1.29 is 0 Å². The Bertz CT molecular complexity index is 117. The maximum Gasteiger partial charge on any atom is 0.0326 e. The molecule has 0 aliphatic rings. The molecule has 0 aromatic heterocycles. The third-order valence-electron chi connectivity index (χ3n) is 1.72. The molecule has 0 radical (unpaired) electrons. The Morgan fingerprint density at radius 2 is 1.73 bits per heavy atom. The van der Waals surface area contributed by atoms with E-state index < -0.39 is 0 Å². The third kappa shape index (κ3) is 4.41. The van der Waals surface area contributed by atoms with Crippen LogP contribution in [0.15, 0.2) is 25.3 Å². The van der Waals surface area contributed by atoms with Gasteiger partial charge in [0.05, 0.1) is 0 Å². The van der Waals surface area contributed by atoms with Gasteiger partial charge >= 0.3 is 0 Å². The molecule has 0 N–H and O–H groups in total. The average Bonchev–Trinajstić information content (AvgIpc) is 1.88. The SMILES string of the molecule is C=CCC(Br)(CC=C)CCC. The molecule has 0 fully saturated rings. The smallest absolute Gasteiger partial charge is 0.0326 e. The van der Waals surface area contributed by atoms with E-state index in [1.807, 2.05) is 12.2 Å². The predicted molar refractivity (Wildman–Crippen MR) is 56.2 cm³/mol. The second-order valence-electron chi connectivity index (χ2n) is 2.89. The van der Waals surface area contributed by atoms with Crippen LogP contribution in [-0.2, 0) is 0 Å². The Kier molecular flexibility index (Phi) is 5.57. The predicted octanol–water partition coefficient (Wildman–Crippen LogP) is 4.07. The molecule has 0 heterocycles. The van der Waals surface area contributed by atoms with E-state index in [0.29, 0.717) is 0 Å². The van der Waals surface area contributed by atoms with E-state index in [0.717, 1.165) is 12.8 Å². The summed E-state index contributed by atoms with van der Waals surface area (Å²) >= 11 is 3.72. The van der Waals surface area contributed by atoms with Crippen molar-refractivity contribution in [3.05, 3.63) is 25.3 Å². The average molecular weight is 217 g/mol. The van der Waals surface area contributed by atoms with E-state index in [-0.39, 0.29) is 4.32 Å². The first kappa shape index (κ1) is 11.0. The minimum atomic E-state index is 0.227. The molecule has 0 aliphatic carbocycles. The number of rotatable bonds is 6. The largest absolute Gasteiger partial charge is 0.103 e. The lowest BCUT2D eigenvalue weighted by Crippen LogP contribution is -2.18. The molecule has 0 spiro atoms. The minimum Gasteiger partial charge on any atom is -0.103 e. The number of hydrogen-bond donors (Lipinski definition) is 0.